The first kappa shape index (κ1) is 27.0. The molecule has 0 radical (unpaired) electrons. The maximum absolute atomic E-state index is 13.0. The molecule has 7 nitrogen and oxygen atoms in total. The number of ether oxygens (including phenoxy) is 1. The molecule has 3 aromatic heterocycles. The molecule has 2 aliphatic heterocycles. The van der Waals surface area contributed by atoms with Crippen molar-refractivity contribution in [2.45, 2.75) is 55.9 Å². The zero-order valence-electron chi connectivity index (χ0n) is 20.9. The van der Waals surface area contributed by atoms with E-state index in [2.05, 4.69) is 32.1 Å². The van der Waals surface area contributed by atoms with Crippen LogP contribution in [0, 0.1) is 0 Å². The second-order valence-corrected chi connectivity index (χ2v) is 11.7. The van der Waals surface area contributed by atoms with Crippen molar-refractivity contribution in [3.8, 4) is 0 Å². The molecule has 5 rings (SSSR count). The Morgan fingerprint density at radius 3 is 2.61 bits per heavy atom. The Kier molecular flexibility index (Phi) is 8.03. The van der Waals surface area contributed by atoms with Crippen LogP contribution in [0.3, 0.4) is 0 Å². The average molecular weight is 564 g/mol. The molecule has 1 fully saturated rings. The normalized spacial score (nSPS) is 17.4. The van der Waals surface area contributed by atoms with Gasteiger partial charge in [0.1, 0.15) is 5.60 Å². The van der Waals surface area contributed by atoms with Crippen LogP contribution in [0.1, 0.15) is 57.0 Å². The lowest BCUT2D eigenvalue weighted by Gasteiger charge is -2.43. The SMILES string of the molecule is CCSc1ccc(CNC(=O)c2cc3c(s2)C2(CCN(Cc4cnc(C(F)(F)F)nc4)CC2)OCC3)nc1. The minimum atomic E-state index is -4.54. The maximum atomic E-state index is 13.0. The van der Waals surface area contributed by atoms with Crippen molar-refractivity contribution in [3.63, 3.8) is 0 Å². The fraction of sp³-hybridized carbons (Fsp3) is 0.462. The number of halogens is 3. The van der Waals surface area contributed by atoms with Gasteiger partial charge in [0.2, 0.25) is 5.82 Å². The van der Waals surface area contributed by atoms with Gasteiger partial charge < -0.3 is 10.1 Å². The molecule has 0 bridgehead atoms. The van der Waals surface area contributed by atoms with Crippen molar-refractivity contribution in [1.82, 2.24) is 25.2 Å². The second-order valence-electron chi connectivity index (χ2n) is 9.35. The summed E-state index contributed by atoms with van der Waals surface area (Å²) in [6.45, 7) is 4.98. The third kappa shape index (κ3) is 6.03. The molecule has 1 spiro atoms. The predicted octanol–water partition coefficient (Wildman–Crippen LogP) is 5.06. The zero-order valence-corrected chi connectivity index (χ0v) is 22.5. The maximum Gasteiger partial charge on any atom is 0.451 e. The number of amides is 1. The van der Waals surface area contributed by atoms with Gasteiger partial charge in [0.05, 0.1) is 23.7 Å². The highest BCUT2D eigenvalue weighted by molar-refractivity contribution is 7.99. The van der Waals surface area contributed by atoms with E-state index in [1.165, 1.54) is 23.7 Å². The van der Waals surface area contributed by atoms with Gasteiger partial charge in [0.15, 0.2) is 0 Å². The van der Waals surface area contributed by atoms with E-state index >= 15 is 0 Å². The molecule has 0 saturated carbocycles. The number of likely N-dealkylation sites (tertiary alicyclic amines) is 1. The summed E-state index contributed by atoms with van der Waals surface area (Å²) in [6.07, 6.45) is 2.03. The first-order valence-electron chi connectivity index (χ1n) is 12.5. The van der Waals surface area contributed by atoms with Crippen LogP contribution in [0.2, 0.25) is 0 Å². The minimum Gasteiger partial charge on any atom is -0.369 e. The van der Waals surface area contributed by atoms with Crippen LogP contribution in [0.4, 0.5) is 13.2 Å². The third-order valence-corrected chi connectivity index (χ3v) is 8.99. The van der Waals surface area contributed by atoms with E-state index in [4.69, 9.17) is 4.74 Å². The summed E-state index contributed by atoms with van der Waals surface area (Å²) in [5, 5.41) is 2.99. The van der Waals surface area contributed by atoms with Crippen molar-refractivity contribution >= 4 is 29.0 Å². The van der Waals surface area contributed by atoms with Gasteiger partial charge in [-0.05, 0) is 48.8 Å². The van der Waals surface area contributed by atoms with Crippen LogP contribution in [0.5, 0.6) is 0 Å². The molecule has 12 heteroatoms. The van der Waals surface area contributed by atoms with Gasteiger partial charge in [-0.25, -0.2) is 9.97 Å². The summed E-state index contributed by atoms with van der Waals surface area (Å²) >= 11 is 3.22. The number of rotatable bonds is 7. The lowest BCUT2D eigenvalue weighted by atomic mass is 9.85. The number of hydrogen-bond acceptors (Lipinski definition) is 8. The smallest absolute Gasteiger partial charge is 0.369 e. The Bertz CT molecular complexity index is 1260. The highest BCUT2D eigenvalue weighted by Crippen LogP contribution is 2.45. The van der Waals surface area contributed by atoms with E-state index in [9.17, 15) is 18.0 Å². The number of carbonyl (C=O) groups excluding carboxylic acids is 1. The lowest BCUT2D eigenvalue weighted by Crippen LogP contribution is -2.45. The number of carbonyl (C=O) groups is 1. The van der Waals surface area contributed by atoms with Crippen molar-refractivity contribution in [2.24, 2.45) is 0 Å². The fourth-order valence-electron chi connectivity index (χ4n) is 4.84. The molecule has 1 N–H and O–H groups in total. The first-order valence-corrected chi connectivity index (χ1v) is 14.3. The zero-order chi connectivity index (χ0) is 26.8. The molecular formula is C26H28F3N5O2S2. The number of hydrogen-bond donors (Lipinski definition) is 1. The number of aromatic nitrogens is 3. The molecule has 0 aromatic carbocycles. The molecule has 3 aromatic rings. The van der Waals surface area contributed by atoms with Crippen LogP contribution in [0.15, 0.2) is 41.7 Å². The minimum absolute atomic E-state index is 0.118. The van der Waals surface area contributed by atoms with Crippen molar-refractivity contribution in [2.75, 3.05) is 25.4 Å². The lowest BCUT2D eigenvalue weighted by molar-refractivity contribution is -0.145. The summed E-state index contributed by atoms with van der Waals surface area (Å²) < 4.78 is 44.5. The van der Waals surface area contributed by atoms with E-state index in [0.717, 1.165) is 59.1 Å². The third-order valence-electron chi connectivity index (χ3n) is 6.76. The molecule has 202 valence electrons. The molecule has 1 amide bonds. The number of thiophene rings is 1. The Morgan fingerprint density at radius 1 is 1.18 bits per heavy atom. The number of pyridine rings is 1. The topological polar surface area (TPSA) is 80.2 Å². The molecule has 5 heterocycles. The molecule has 0 unspecified atom stereocenters. The Morgan fingerprint density at radius 2 is 1.95 bits per heavy atom. The van der Waals surface area contributed by atoms with E-state index < -0.39 is 17.6 Å². The standard InChI is InChI=1S/C26H28F3N5O2S2/c1-2-37-20-4-3-19(30-15-20)14-31-23(35)21-11-18-5-10-36-25(22(18)38-21)6-8-34(9-7-25)16-17-12-32-24(33-13-17)26(27,28)29/h3-4,11-13,15H,2,5-10,14,16H2,1H3,(H,31,35). The van der Waals surface area contributed by atoms with Gasteiger partial charge in [-0.15, -0.1) is 23.1 Å². The largest absolute Gasteiger partial charge is 0.451 e. The molecule has 0 atom stereocenters. The fourth-order valence-corrected chi connectivity index (χ4v) is 6.80. The summed E-state index contributed by atoms with van der Waals surface area (Å²) in [6, 6.07) is 5.94. The number of alkyl halides is 3. The Hall–Kier alpha value is -2.54. The molecule has 2 aliphatic rings. The van der Waals surface area contributed by atoms with E-state index in [0.29, 0.717) is 30.1 Å². The second kappa shape index (κ2) is 11.3. The molecule has 1 saturated heterocycles. The van der Waals surface area contributed by atoms with Gasteiger partial charge in [0.25, 0.3) is 5.91 Å². The molecule has 0 aliphatic carbocycles. The van der Waals surface area contributed by atoms with E-state index in [1.807, 2.05) is 24.4 Å². The van der Waals surface area contributed by atoms with Crippen molar-refractivity contribution < 1.29 is 22.7 Å². The summed E-state index contributed by atoms with van der Waals surface area (Å²) in [7, 11) is 0. The van der Waals surface area contributed by atoms with Crippen LogP contribution in [-0.4, -0.2) is 51.2 Å². The number of thioether (sulfide) groups is 1. The summed E-state index contributed by atoms with van der Waals surface area (Å²) in [5.41, 5.74) is 2.18. The highest BCUT2D eigenvalue weighted by Gasteiger charge is 2.43. The van der Waals surface area contributed by atoms with Gasteiger partial charge in [-0.1, -0.05) is 6.92 Å². The van der Waals surface area contributed by atoms with Crippen LogP contribution in [-0.2, 0) is 36.0 Å². The summed E-state index contributed by atoms with van der Waals surface area (Å²) in [5.74, 6) is -0.258. The van der Waals surface area contributed by atoms with Crippen molar-refractivity contribution in [1.29, 1.82) is 0 Å². The Balaban J connectivity index is 1.20. The average Bonchev–Trinajstić information content (AvgIpc) is 3.36. The monoisotopic (exact) mass is 563 g/mol. The number of nitrogens with one attached hydrogen (secondary N) is 1. The van der Waals surface area contributed by atoms with Gasteiger partial charge >= 0.3 is 6.18 Å². The number of nitrogens with zero attached hydrogens (tertiary/aromatic N) is 4. The van der Waals surface area contributed by atoms with Gasteiger partial charge in [0, 0.05) is 53.6 Å². The number of fused-ring (bicyclic) bond motifs is 2. The number of piperidine rings is 1. The molecular weight excluding hydrogens is 535 g/mol. The van der Waals surface area contributed by atoms with E-state index in [-0.39, 0.29) is 5.91 Å². The van der Waals surface area contributed by atoms with Crippen LogP contribution < -0.4 is 5.32 Å². The predicted molar refractivity (Wildman–Crippen MR) is 139 cm³/mol. The van der Waals surface area contributed by atoms with E-state index in [1.54, 1.807) is 11.8 Å². The van der Waals surface area contributed by atoms with Crippen LogP contribution in [0.25, 0.3) is 0 Å². The first-order chi connectivity index (χ1) is 18.3. The summed E-state index contributed by atoms with van der Waals surface area (Å²) in [4.78, 5) is 29.4. The van der Waals surface area contributed by atoms with Gasteiger partial charge in [-0.3, -0.25) is 14.7 Å². The van der Waals surface area contributed by atoms with Crippen LogP contribution >= 0.6 is 23.1 Å². The van der Waals surface area contributed by atoms with Gasteiger partial charge in [-0.2, -0.15) is 13.2 Å². The molecule has 38 heavy (non-hydrogen) atoms. The quantitative estimate of drug-likeness (QED) is 0.403. The highest BCUT2D eigenvalue weighted by atomic mass is 32.2. The van der Waals surface area contributed by atoms with Crippen molar-refractivity contribution in [3.05, 3.63) is 69.2 Å². The Labute approximate surface area is 227 Å².